The van der Waals surface area contributed by atoms with Crippen LogP contribution >= 0.6 is 23.2 Å². The number of halogens is 2. The number of carbonyl (C=O) groups excluding carboxylic acids is 3. The highest BCUT2D eigenvalue weighted by atomic mass is 35.5. The van der Waals surface area contributed by atoms with Gasteiger partial charge in [-0.05, 0) is 60.4 Å². The number of amides is 3. The zero-order chi connectivity index (χ0) is 25.6. The molecule has 3 amide bonds. The van der Waals surface area contributed by atoms with Crippen molar-refractivity contribution in [3.63, 3.8) is 0 Å². The second kappa shape index (κ2) is 9.26. The molecule has 0 bridgehead atoms. The molecule has 2 heterocycles. The first-order chi connectivity index (χ1) is 17.3. The monoisotopic (exact) mass is 522 g/mol. The topological polar surface area (TPSA) is 75.7 Å². The summed E-state index contributed by atoms with van der Waals surface area (Å²) >= 11 is 12.7. The quantitative estimate of drug-likeness (QED) is 0.451. The van der Waals surface area contributed by atoms with Gasteiger partial charge in [0, 0.05) is 22.4 Å². The van der Waals surface area contributed by atoms with Crippen LogP contribution in [0.2, 0.25) is 10.0 Å². The van der Waals surface area contributed by atoms with E-state index in [2.05, 4.69) is 5.32 Å². The van der Waals surface area contributed by atoms with Gasteiger partial charge in [0.15, 0.2) is 0 Å². The molecule has 2 aliphatic rings. The van der Waals surface area contributed by atoms with Gasteiger partial charge in [0.25, 0.3) is 0 Å². The molecule has 0 radical (unpaired) electrons. The molecular formula is C28H24Cl2N2O4. The van der Waals surface area contributed by atoms with Gasteiger partial charge in [0.05, 0.1) is 18.3 Å². The van der Waals surface area contributed by atoms with Gasteiger partial charge in [-0.25, -0.2) is 9.69 Å². The number of piperidine rings is 1. The molecule has 1 saturated heterocycles. The van der Waals surface area contributed by atoms with Crippen molar-refractivity contribution in [3.05, 3.63) is 99.0 Å². The average molecular weight is 523 g/mol. The minimum Gasteiger partial charge on any atom is -0.449 e. The van der Waals surface area contributed by atoms with Crippen LogP contribution in [0.25, 0.3) is 0 Å². The number of nitrogens with zero attached hydrogens (tertiary/aromatic N) is 1. The highest BCUT2D eigenvalue weighted by Crippen LogP contribution is 2.59. The summed E-state index contributed by atoms with van der Waals surface area (Å²) in [4.78, 5) is 42.0. The molecule has 36 heavy (non-hydrogen) atoms. The highest BCUT2D eigenvalue weighted by molar-refractivity contribution is 6.32. The van der Waals surface area contributed by atoms with Crippen LogP contribution in [-0.2, 0) is 19.7 Å². The van der Waals surface area contributed by atoms with E-state index < -0.39 is 29.4 Å². The number of benzene rings is 3. The summed E-state index contributed by atoms with van der Waals surface area (Å²) in [5.41, 5.74) is 2.04. The normalized spacial score (nSPS) is 22.9. The van der Waals surface area contributed by atoms with Gasteiger partial charge in [0.2, 0.25) is 11.8 Å². The molecule has 3 aromatic rings. The summed E-state index contributed by atoms with van der Waals surface area (Å²) in [6.45, 7) is 3.71. The van der Waals surface area contributed by atoms with Crippen molar-refractivity contribution < 1.29 is 19.1 Å². The lowest BCUT2D eigenvalue weighted by Gasteiger charge is -2.47. The third-order valence-electron chi connectivity index (χ3n) is 7.10. The Kier molecular flexibility index (Phi) is 6.27. The molecule has 5 rings (SSSR count). The largest absolute Gasteiger partial charge is 0.449 e. The van der Waals surface area contributed by atoms with Gasteiger partial charge in [-0.2, -0.15) is 0 Å². The van der Waals surface area contributed by atoms with Crippen LogP contribution in [0, 0.1) is 6.92 Å². The van der Waals surface area contributed by atoms with Crippen LogP contribution in [0.4, 0.5) is 10.5 Å². The summed E-state index contributed by atoms with van der Waals surface area (Å²) in [7, 11) is 0. The average Bonchev–Trinajstić information content (AvgIpc) is 3.09. The molecule has 3 aromatic carbocycles. The van der Waals surface area contributed by atoms with E-state index in [1.807, 2.05) is 37.3 Å². The number of carbonyl (C=O) groups is 3. The Labute approximate surface area is 219 Å². The van der Waals surface area contributed by atoms with Crippen molar-refractivity contribution >= 4 is 46.8 Å². The van der Waals surface area contributed by atoms with Gasteiger partial charge in [-0.15, -0.1) is 0 Å². The Hall–Kier alpha value is -3.35. The van der Waals surface area contributed by atoms with Crippen molar-refractivity contribution in [2.75, 3.05) is 11.5 Å². The minimum atomic E-state index is -1.35. The summed E-state index contributed by atoms with van der Waals surface area (Å²) in [5.74, 6) is -1.28. The summed E-state index contributed by atoms with van der Waals surface area (Å²) in [5, 5.41) is 3.96. The fraction of sp³-hybridized carbons (Fsp3) is 0.250. The maximum atomic E-state index is 14.6. The van der Waals surface area contributed by atoms with E-state index in [1.54, 1.807) is 43.3 Å². The Morgan fingerprint density at radius 2 is 1.81 bits per heavy atom. The molecule has 1 fully saturated rings. The number of ether oxygens (including phenoxy) is 1. The number of aryl methyl sites for hydroxylation is 1. The Morgan fingerprint density at radius 3 is 2.53 bits per heavy atom. The van der Waals surface area contributed by atoms with Crippen molar-refractivity contribution in [1.29, 1.82) is 0 Å². The fourth-order valence-electron chi connectivity index (χ4n) is 5.65. The van der Waals surface area contributed by atoms with Crippen LogP contribution in [0.1, 0.15) is 47.6 Å². The van der Waals surface area contributed by atoms with E-state index in [0.717, 1.165) is 21.6 Å². The Bertz CT molecular complexity index is 1390. The fourth-order valence-corrected chi connectivity index (χ4v) is 6.02. The molecular weight excluding hydrogens is 499 g/mol. The van der Waals surface area contributed by atoms with Crippen molar-refractivity contribution in [3.8, 4) is 0 Å². The smallest absolute Gasteiger partial charge is 0.421 e. The van der Waals surface area contributed by atoms with Gasteiger partial charge >= 0.3 is 6.09 Å². The predicted octanol–water partition coefficient (Wildman–Crippen LogP) is 6.09. The Balaban J connectivity index is 1.86. The lowest BCUT2D eigenvalue weighted by molar-refractivity contribution is -0.132. The standard InChI is InChI=1S/C28H24Cl2N2O4/c1-3-36-27(35)32-23-14-19(30)11-12-21(23)28(26(32)34)22(17-8-6-9-18(29)13-17)15-24(33)31-25(28)20-10-5-4-7-16(20)2/h4-14,22,25H,3,15H2,1-2H3,(H,31,33)/t22-,25+,28-/m0/s1. The van der Waals surface area contributed by atoms with Crippen LogP contribution < -0.4 is 10.2 Å². The van der Waals surface area contributed by atoms with Gasteiger partial charge in [-0.3, -0.25) is 9.59 Å². The van der Waals surface area contributed by atoms with E-state index in [4.69, 9.17) is 27.9 Å². The third kappa shape index (κ3) is 3.67. The van der Waals surface area contributed by atoms with Crippen molar-refractivity contribution in [1.82, 2.24) is 5.32 Å². The predicted molar refractivity (Wildman–Crippen MR) is 139 cm³/mol. The maximum Gasteiger partial charge on any atom is 0.421 e. The molecule has 0 aromatic heterocycles. The number of nitrogens with one attached hydrogen (secondary N) is 1. The van der Waals surface area contributed by atoms with E-state index in [0.29, 0.717) is 21.3 Å². The second-order valence-corrected chi connectivity index (χ2v) is 9.91. The van der Waals surface area contributed by atoms with Crippen molar-refractivity contribution in [2.45, 2.75) is 37.6 Å². The molecule has 0 aliphatic carbocycles. The second-order valence-electron chi connectivity index (χ2n) is 9.04. The number of anilines is 1. The zero-order valence-electron chi connectivity index (χ0n) is 19.8. The molecule has 3 atom stereocenters. The van der Waals surface area contributed by atoms with E-state index >= 15 is 0 Å². The minimum absolute atomic E-state index is 0.0349. The van der Waals surface area contributed by atoms with Crippen LogP contribution in [0.15, 0.2) is 66.7 Å². The molecule has 1 spiro atoms. The molecule has 184 valence electrons. The van der Waals surface area contributed by atoms with Gasteiger partial charge in [0.1, 0.15) is 5.41 Å². The van der Waals surface area contributed by atoms with Crippen LogP contribution in [-0.4, -0.2) is 24.5 Å². The lowest BCUT2D eigenvalue weighted by atomic mass is 9.59. The summed E-state index contributed by atoms with van der Waals surface area (Å²) < 4.78 is 5.29. The summed E-state index contributed by atoms with van der Waals surface area (Å²) in [6.07, 6.45) is -0.749. The molecule has 2 aliphatic heterocycles. The van der Waals surface area contributed by atoms with E-state index in [-0.39, 0.29) is 18.9 Å². The Morgan fingerprint density at radius 1 is 1.06 bits per heavy atom. The SMILES string of the molecule is CCOC(=O)N1C(=O)[C@]2(c3ccc(Cl)cc31)[C@@H](c1ccccc1C)NC(=O)C[C@H]2c1cccc(Cl)c1. The van der Waals surface area contributed by atoms with Crippen molar-refractivity contribution in [2.24, 2.45) is 0 Å². The maximum absolute atomic E-state index is 14.6. The van der Waals surface area contributed by atoms with E-state index in [9.17, 15) is 14.4 Å². The molecule has 1 N–H and O–H groups in total. The molecule has 0 unspecified atom stereocenters. The zero-order valence-corrected chi connectivity index (χ0v) is 21.3. The summed E-state index contributed by atoms with van der Waals surface area (Å²) in [6, 6.07) is 19.1. The third-order valence-corrected chi connectivity index (χ3v) is 7.57. The van der Waals surface area contributed by atoms with Gasteiger partial charge < -0.3 is 10.1 Å². The van der Waals surface area contributed by atoms with Crippen LogP contribution in [0.3, 0.4) is 0 Å². The molecule has 0 saturated carbocycles. The first-order valence-corrected chi connectivity index (χ1v) is 12.5. The first kappa shape index (κ1) is 24.3. The number of hydrogen-bond donors (Lipinski definition) is 1. The number of fused-ring (bicyclic) bond motifs is 2. The van der Waals surface area contributed by atoms with Crippen LogP contribution in [0.5, 0.6) is 0 Å². The molecule has 6 nitrogen and oxygen atoms in total. The number of rotatable bonds is 3. The van der Waals surface area contributed by atoms with Gasteiger partial charge in [-0.1, -0.05) is 65.7 Å². The number of hydrogen-bond acceptors (Lipinski definition) is 4. The lowest BCUT2D eigenvalue weighted by Crippen LogP contribution is -2.59. The highest BCUT2D eigenvalue weighted by Gasteiger charge is 2.64. The van der Waals surface area contributed by atoms with E-state index in [1.165, 1.54) is 0 Å². The molecule has 8 heteroatoms. The number of imide groups is 1. The first-order valence-electron chi connectivity index (χ1n) is 11.7.